The molecular weight excluding hydrogens is 733 g/mol. The second-order valence-corrected chi connectivity index (χ2v) is 19.6. The molecule has 2 N–H and O–H groups in total. The van der Waals surface area contributed by atoms with Gasteiger partial charge in [-0.1, -0.05) is 54.4 Å². The maximum absolute atomic E-state index is 10.6. The van der Waals surface area contributed by atoms with Crippen LogP contribution in [0.15, 0.2) is 0 Å². The fraction of sp³-hybridized carbons (Fsp3) is 1.00. The molecule has 7 fully saturated rings. The number of hydrogen-bond donors (Lipinski definition) is 2. The van der Waals surface area contributed by atoms with Gasteiger partial charge in [-0.25, -0.2) is 0 Å². The fourth-order valence-corrected chi connectivity index (χ4v) is 9.94. The van der Waals surface area contributed by atoms with E-state index in [0.29, 0.717) is 36.8 Å². The minimum Gasteiger partial charge on any atom is -0.389 e. The Kier molecular flexibility index (Phi) is 22.5. The second-order valence-electron chi connectivity index (χ2n) is 19.6. The summed E-state index contributed by atoms with van der Waals surface area (Å²) in [4.78, 5) is 12.5. The molecule has 0 radical (unpaired) electrons. The van der Waals surface area contributed by atoms with Crippen molar-refractivity contribution in [3.63, 3.8) is 0 Å². The predicted octanol–water partition coefficient (Wildman–Crippen LogP) is 3.86. The third-order valence-corrected chi connectivity index (χ3v) is 14.1. The van der Waals surface area contributed by atoms with E-state index in [4.69, 9.17) is 23.7 Å². The number of aliphatic hydroxyl groups excluding tert-OH is 1. The Morgan fingerprint density at radius 1 is 0.586 bits per heavy atom. The van der Waals surface area contributed by atoms with Crippen molar-refractivity contribution in [1.29, 1.82) is 0 Å². The molecule has 12 nitrogen and oxygen atoms in total. The van der Waals surface area contributed by atoms with Gasteiger partial charge in [0.25, 0.3) is 0 Å². The number of aliphatic hydroxyl groups is 1. The van der Waals surface area contributed by atoms with Crippen molar-refractivity contribution < 1.29 is 28.8 Å². The molecule has 340 valence electrons. The van der Waals surface area contributed by atoms with Gasteiger partial charge in [0.15, 0.2) is 0 Å². The number of nitrogens with one attached hydrogen (secondary N) is 1. The van der Waals surface area contributed by atoms with Crippen molar-refractivity contribution >= 4 is 0 Å². The lowest BCUT2D eigenvalue weighted by atomic mass is 9.75. The Morgan fingerprint density at radius 2 is 1.02 bits per heavy atom. The molecule has 5 heterocycles. The van der Waals surface area contributed by atoms with E-state index < -0.39 is 0 Å². The van der Waals surface area contributed by atoms with Crippen LogP contribution in [-0.2, 0) is 23.7 Å². The summed E-state index contributed by atoms with van der Waals surface area (Å²) in [5.74, 6) is 4.41. The molecule has 5 saturated heterocycles. The minimum atomic E-state index is -0.375. The third-order valence-electron chi connectivity index (χ3n) is 14.1. The van der Waals surface area contributed by atoms with Crippen LogP contribution in [0.4, 0.5) is 0 Å². The molecule has 7 rings (SSSR count). The lowest BCUT2D eigenvalue weighted by molar-refractivity contribution is -0.0755. The SMILES string of the molecule is C1CN(CCN2CCOCC2)CCN1.CC1CCC(C(C)C)C(OCC(O)CN2CCN(CCN3CCOCC3)CC2)C1.CC1CCC(C(C)C)C(OCC2CO2)C1. The standard InChI is InChI=1S/C23H45N3O3.C13H24O2.C10H21N3O/c1-19(2)22-5-4-20(3)16-23(22)29-18-21(27)17-26-10-8-24(9-11-26)6-7-25-12-14-28-15-13-25;1-9(2)12-5-4-10(3)6-13(12)15-8-11-7-14-11;1-3-12(4-2-11-1)5-6-13-7-9-14-10-8-13/h19-23,27H,4-18H2,1-3H3;9-13H,4-8H2,1-3H3;11H,1-10H2. The summed E-state index contributed by atoms with van der Waals surface area (Å²) in [6, 6.07) is 0. The average Bonchev–Trinajstić information content (AvgIpc) is 4.07. The largest absolute Gasteiger partial charge is 0.389 e. The molecule has 7 aliphatic rings. The minimum absolute atomic E-state index is 0.324. The summed E-state index contributed by atoms with van der Waals surface area (Å²) in [5.41, 5.74) is 0. The van der Waals surface area contributed by atoms with Gasteiger partial charge in [0.2, 0.25) is 0 Å². The first kappa shape index (κ1) is 48.6. The lowest BCUT2D eigenvalue weighted by Gasteiger charge is -2.39. The summed E-state index contributed by atoms with van der Waals surface area (Å²) in [6.45, 7) is 38.7. The van der Waals surface area contributed by atoms with Crippen molar-refractivity contribution in [3.8, 4) is 0 Å². The highest BCUT2D eigenvalue weighted by Gasteiger charge is 2.34. The van der Waals surface area contributed by atoms with Crippen molar-refractivity contribution in [3.05, 3.63) is 0 Å². The number of ether oxygens (including phenoxy) is 5. The van der Waals surface area contributed by atoms with Crippen LogP contribution in [0.25, 0.3) is 0 Å². The zero-order chi connectivity index (χ0) is 41.1. The molecule has 0 spiro atoms. The van der Waals surface area contributed by atoms with E-state index in [0.717, 1.165) is 155 Å². The first-order valence-electron chi connectivity index (χ1n) is 24.1. The van der Waals surface area contributed by atoms with Gasteiger partial charge in [-0.3, -0.25) is 24.5 Å². The normalized spacial score (nSPS) is 32.9. The molecule has 8 unspecified atom stereocenters. The average molecular weight is 823 g/mol. The van der Waals surface area contributed by atoms with E-state index >= 15 is 0 Å². The van der Waals surface area contributed by atoms with Crippen LogP contribution in [0.5, 0.6) is 0 Å². The van der Waals surface area contributed by atoms with E-state index in [1.807, 2.05) is 0 Å². The predicted molar refractivity (Wildman–Crippen MR) is 235 cm³/mol. The van der Waals surface area contributed by atoms with Crippen LogP contribution >= 0.6 is 0 Å². The van der Waals surface area contributed by atoms with E-state index in [2.05, 4.69) is 71.4 Å². The Morgan fingerprint density at radius 3 is 1.48 bits per heavy atom. The maximum atomic E-state index is 10.6. The summed E-state index contributed by atoms with van der Waals surface area (Å²) in [6.07, 6.45) is 8.55. The maximum Gasteiger partial charge on any atom is 0.104 e. The molecule has 58 heavy (non-hydrogen) atoms. The van der Waals surface area contributed by atoms with E-state index in [1.54, 1.807) is 0 Å². The first-order chi connectivity index (χ1) is 28.1. The zero-order valence-corrected chi connectivity index (χ0v) is 38.2. The zero-order valence-electron chi connectivity index (χ0n) is 38.2. The van der Waals surface area contributed by atoms with Gasteiger partial charge in [0.05, 0.1) is 64.6 Å². The van der Waals surface area contributed by atoms with Crippen molar-refractivity contribution in [1.82, 2.24) is 29.8 Å². The molecule has 0 aromatic carbocycles. The monoisotopic (exact) mass is 823 g/mol. The fourth-order valence-electron chi connectivity index (χ4n) is 9.94. The number of morpholine rings is 2. The smallest absolute Gasteiger partial charge is 0.104 e. The molecule has 0 amide bonds. The molecule has 0 aromatic rings. The third kappa shape index (κ3) is 18.5. The Bertz CT molecular complexity index is 1030. The highest BCUT2D eigenvalue weighted by molar-refractivity contribution is 4.84. The summed E-state index contributed by atoms with van der Waals surface area (Å²) < 4.78 is 28.2. The van der Waals surface area contributed by atoms with Crippen LogP contribution in [-0.4, -0.2) is 212 Å². The van der Waals surface area contributed by atoms with Crippen LogP contribution in [0.2, 0.25) is 0 Å². The summed E-state index contributed by atoms with van der Waals surface area (Å²) in [7, 11) is 0. The van der Waals surface area contributed by atoms with Crippen LogP contribution < -0.4 is 5.32 Å². The quantitative estimate of drug-likeness (QED) is 0.222. The van der Waals surface area contributed by atoms with E-state index in [1.165, 1.54) is 58.3 Å². The van der Waals surface area contributed by atoms with E-state index in [-0.39, 0.29) is 6.10 Å². The highest BCUT2D eigenvalue weighted by atomic mass is 16.6. The number of hydrogen-bond acceptors (Lipinski definition) is 12. The van der Waals surface area contributed by atoms with Gasteiger partial charge < -0.3 is 34.1 Å². The highest BCUT2D eigenvalue weighted by Crippen LogP contribution is 2.36. The van der Waals surface area contributed by atoms with Crippen LogP contribution in [0, 0.1) is 35.5 Å². The van der Waals surface area contributed by atoms with Gasteiger partial charge in [-0.05, 0) is 61.2 Å². The number of nitrogens with zero attached hydrogens (tertiary/aromatic N) is 5. The van der Waals surface area contributed by atoms with Crippen molar-refractivity contribution in [2.24, 2.45) is 35.5 Å². The number of β-amino-alcohol motifs (C(OH)–C–C–N with tert-alkyl or cyclic N) is 1. The van der Waals surface area contributed by atoms with Gasteiger partial charge in [0.1, 0.15) is 6.10 Å². The Hall–Kier alpha value is -0.480. The van der Waals surface area contributed by atoms with Gasteiger partial charge in [-0.15, -0.1) is 0 Å². The molecule has 0 aromatic heterocycles. The summed E-state index contributed by atoms with van der Waals surface area (Å²) >= 11 is 0. The number of piperazine rings is 2. The Labute approximate surface area is 355 Å². The molecule has 8 atom stereocenters. The molecular formula is C46H90N6O6. The molecule has 0 bridgehead atoms. The topological polar surface area (TPSA) is 97.9 Å². The number of epoxide rings is 1. The van der Waals surface area contributed by atoms with Crippen molar-refractivity contribution in [2.75, 3.05) is 158 Å². The lowest BCUT2D eigenvalue weighted by Crippen LogP contribution is -2.51. The van der Waals surface area contributed by atoms with Crippen molar-refractivity contribution in [2.45, 2.75) is 104 Å². The molecule has 5 aliphatic heterocycles. The first-order valence-corrected chi connectivity index (χ1v) is 24.1. The van der Waals surface area contributed by atoms with Crippen LogP contribution in [0.1, 0.15) is 80.1 Å². The Balaban J connectivity index is 0.000000184. The van der Waals surface area contributed by atoms with Gasteiger partial charge in [0, 0.05) is 111 Å². The van der Waals surface area contributed by atoms with Crippen LogP contribution in [0.3, 0.4) is 0 Å². The second kappa shape index (κ2) is 26.9. The summed E-state index contributed by atoms with van der Waals surface area (Å²) in [5, 5.41) is 13.9. The number of rotatable bonds is 16. The van der Waals surface area contributed by atoms with Gasteiger partial charge >= 0.3 is 0 Å². The molecule has 2 saturated carbocycles. The molecule has 12 heteroatoms. The molecule has 2 aliphatic carbocycles. The van der Waals surface area contributed by atoms with E-state index in [9.17, 15) is 5.11 Å². The van der Waals surface area contributed by atoms with Gasteiger partial charge in [-0.2, -0.15) is 0 Å².